The molecular weight excluding hydrogens is 234 g/mol. The first-order chi connectivity index (χ1) is 8.61. The molecule has 0 saturated heterocycles. The number of nitrogens with one attached hydrogen (secondary N) is 1. The Kier molecular flexibility index (Phi) is 5.00. The van der Waals surface area contributed by atoms with Crippen molar-refractivity contribution in [2.45, 2.75) is 0 Å². The second kappa shape index (κ2) is 6.76. The molecule has 92 valence electrons. The van der Waals surface area contributed by atoms with Gasteiger partial charge in [-0.3, -0.25) is 5.32 Å². The third-order valence-corrected chi connectivity index (χ3v) is 1.78. The van der Waals surface area contributed by atoms with Crippen molar-refractivity contribution in [2.24, 2.45) is 0 Å². The van der Waals surface area contributed by atoms with Gasteiger partial charge in [0.05, 0.1) is 0 Å². The number of anilines is 1. The van der Waals surface area contributed by atoms with Crippen molar-refractivity contribution in [1.82, 2.24) is 0 Å². The summed E-state index contributed by atoms with van der Waals surface area (Å²) in [4.78, 5) is 21.4. The Hall–Kier alpha value is -2.74. The highest BCUT2D eigenvalue weighted by atomic mass is 16.5. The fourth-order valence-electron chi connectivity index (χ4n) is 1.05. The van der Waals surface area contributed by atoms with Crippen LogP contribution in [0.5, 0.6) is 0 Å². The Balaban J connectivity index is 2.61. The van der Waals surface area contributed by atoms with E-state index in [2.05, 4.69) is 17.8 Å². The molecule has 2 N–H and O–H groups in total. The number of aliphatic carboxylic acids is 1. The minimum absolute atomic E-state index is 0.133. The number of hydrogen-bond acceptors (Lipinski definition) is 3. The Bertz CT molecular complexity index is 508. The Morgan fingerprint density at radius 2 is 2.06 bits per heavy atom. The molecule has 0 saturated carbocycles. The quantitative estimate of drug-likeness (QED) is 0.629. The van der Waals surface area contributed by atoms with Crippen molar-refractivity contribution in [2.75, 3.05) is 11.9 Å². The molecule has 0 unspecified atom stereocenters. The van der Waals surface area contributed by atoms with Gasteiger partial charge in [0.2, 0.25) is 0 Å². The maximum absolute atomic E-state index is 11.2. The lowest BCUT2D eigenvalue weighted by atomic mass is 10.2. The molecule has 0 bridgehead atoms. The normalized spacial score (nSPS) is 8.67. The molecule has 0 aromatic heterocycles. The summed E-state index contributed by atoms with van der Waals surface area (Å²) in [6.07, 6.45) is 0.878. The molecule has 1 aromatic rings. The smallest absolute Gasteiger partial charge is 0.411 e. The average Bonchev–Trinajstić information content (AvgIpc) is 2.35. The van der Waals surface area contributed by atoms with Gasteiger partial charge < -0.3 is 9.84 Å². The summed E-state index contributed by atoms with van der Waals surface area (Å²) in [6.45, 7) is 3.55. The average molecular weight is 245 g/mol. The SMILES string of the molecule is C=CCOC(=O)Nc1ccc(C#CC(=O)O)cc1. The van der Waals surface area contributed by atoms with Gasteiger partial charge in [-0.05, 0) is 24.3 Å². The lowest BCUT2D eigenvalue weighted by molar-refractivity contribution is -0.130. The number of carboxylic acids is 1. The predicted molar refractivity (Wildman–Crippen MR) is 66.1 cm³/mol. The van der Waals surface area contributed by atoms with E-state index >= 15 is 0 Å². The molecule has 5 heteroatoms. The van der Waals surface area contributed by atoms with Gasteiger partial charge in [0, 0.05) is 17.2 Å². The van der Waals surface area contributed by atoms with Crippen LogP contribution >= 0.6 is 0 Å². The van der Waals surface area contributed by atoms with Gasteiger partial charge in [-0.2, -0.15) is 0 Å². The van der Waals surface area contributed by atoms with Crippen molar-refractivity contribution in [3.63, 3.8) is 0 Å². The number of amides is 1. The monoisotopic (exact) mass is 245 g/mol. The number of carboxylic acid groups (broad SMARTS) is 1. The molecule has 0 radical (unpaired) electrons. The zero-order valence-corrected chi connectivity index (χ0v) is 9.47. The van der Waals surface area contributed by atoms with Crippen LogP contribution in [0.25, 0.3) is 0 Å². The van der Waals surface area contributed by atoms with E-state index in [1.807, 2.05) is 5.92 Å². The summed E-state index contributed by atoms with van der Waals surface area (Å²) in [5.74, 6) is 3.26. The summed E-state index contributed by atoms with van der Waals surface area (Å²) in [7, 11) is 0. The highest BCUT2D eigenvalue weighted by Crippen LogP contribution is 2.09. The molecular formula is C13H11NO4. The third kappa shape index (κ3) is 4.86. The number of rotatable bonds is 3. The van der Waals surface area contributed by atoms with Gasteiger partial charge in [0.1, 0.15) is 6.61 Å². The van der Waals surface area contributed by atoms with Gasteiger partial charge in [0.15, 0.2) is 0 Å². The highest BCUT2D eigenvalue weighted by molar-refractivity contribution is 5.87. The minimum Gasteiger partial charge on any atom is -0.472 e. The molecule has 0 aliphatic heterocycles. The zero-order valence-electron chi connectivity index (χ0n) is 9.47. The van der Waals surface area contributed by atoms with Crippen LogP contribution in [-0.2, 0) is 9.53 Å². The first-order valence-electron chi connectivity index (χ1n) is 5.01. The largest absolute Gasteiger partial charge is 0.472 e. The summed E-state index contributed by atoms with van der Waals surface area (Å²) in [5, 5.41) is 10.9. The van der Waals surface area contributed by atoms with Gasteiger partial charge in [-0.25, -0.2) is 9.59 Å². The van der Waals surface area contributed by atoms with Gasteiger partial charge >= 0.3 is 12.1 Å². The van der Waals surface area contributed by atoms with Crippen LogP contribution in [0.3, 0.4) is 0 Å². The van der Waals surface area contributed by atoms with Gasteiger partial charge in [-0.15, -0.1) is 0 Å². The summed E-state index contributed by atoms with van der Waals surface area (Å²) < 4.78 is 4.73. The van der Waals surface area contributed by atoms with Crippen LogP contribution in [0.1, 0.15) is 5.56 Å². The van der Waals surface area contributed by atoms with E-state index in [0.717, 1.165) is 0 Å². The standard InChI is InChI=1S/C13H11NO4/c1-2-9-18-13(17)14-11-6-3-10(4-7-11)5-8-12(15)16/h2-4,6-7H,1,9H2,(H,14,17)(H,15,16). The van der Waals surface area contributed by atoms with E-state index in [-0.39, 0.29) is 6.61 Å². The Labute approximate surface area is 104 Å². The van der Waals surface area contributed by atoms with E-state index < -0.39 is 12.1 Å². The highest BCUT2D eigenvalue weighted by Gasteiger charge is 2.01. The van der Waals surface area contributed by atoms with Crippen LogP contribution in [0, 0.1) is 11.8 Å². The van der Waals surface area contributed by atoms with E-state index in [4.69, 9.17) is 9.84 Å². The molecule has 0 spiro atoms. The lowest BCUT2D eigenvalue weighted by Gasteiger charge is -2.04. The molecule has 1 amide bonds. The number of ether oxygens (including phenoxy) is 1. The number of carbonyl (C=O) groups excluding carboxylic acids is 1. The fraction of sp³-hybridized carbons (Fsp3) is 0.0769. The number of carbonyl (C=O) groups is 2. The first-order valence-corrected chi connectivity index (χ1v) is 5.01. The van der Waals surface area contributed by atoms with E-state index in [1.165, 1.54) is 6.08 Å². The van der Waals surface area contributed by atoms with Crippen molar-refractivity contribution in [3.8, 4) is 11.8 Å². The maximum Gasteiger partial charge on any atom is 0.411 e. The van der Waals surface area contributed by atoms with Crippen LogP contribution in [0.4, 0.5) is 10.5 Å². The second-order valence-corrected chi connectivity index (χ2v) is 3.14. The van der Waals surface area contributed by atoms with E-state index in [0.29, 0.717) is 11.3 Å². The lowest BCUT2D eigenvalue weighted by Crippen LogP contribution is -2.13. The van der Waals surface area contributed by atoms with Crippen LogP contribution in [-0.4, -0.2) is 23.8 Å². The molecule has 5 nitrogen and oxygen atoms in total. The van der Waals surface area contributed by atoms with E-state index in [1.54, 1.807) is 24.3 Å². The van der Waals surface area contributed by atoms with Crippen molar-refractivity contribution < 1.29 is 19.4 Å². The number of hydrogen-bond donors (Lipinski definition) is 2. The van der Waals surface area contributed by atoms with Crippen LogP contribution in [0.15, 0.2) is 36.9 Å². The number of benzene rings is 1. The maximum atomic E-state index is 11.2. The van der Waals surface area contributed by atoms with Crippen molar-refractivity contribution in [3.05, 3.63) is 42.5 Å². The minimum atomic E-state index is -1.19. The van der Waals surface area contributed by atoms with Crippen molar-refractivity contribution >= 4 is 17.7 Å². The molecule has 1 rings (SSSR count). The van der Waals surface area contributed by atoms with Crippen molar-refractivity contribution in [1.29, 1.82) is 0 Å². The first kappa shape index (κ1) is 13.3. The van der Waals surface area contributed by atoms with Gasteiger partial charge in [-0.1, -0.05) is 18.6 Å². The molecule has 0 aliphatic carbocycles. The van der Waals surface area contributed by atoms with Crippen LogP contribution < -0.4 is 5.32 Å². The Morgan fingerprint density at radius 3 is 2.61 bits per heavy atom. The molecule has 0 heterocycles. The fourth-order valence-corrected chi connectivity index (χ4v) is 1.05. The molecule has 0 fully saturated rings. The molecule has 18 heavy (non-hydrogen) atoms. The van der Waals surface area contributed by atoms with Gasteiger partial charge in [0.25, 0.3) is 0 Å². The molecule has 0 atom stereocenters. The zero-order chi connectivity index (χ0) is 13.4. The molecule has 1 aromatic carbocycles. The Morgan fingerprint density at radius 1 is 1.39 bits per heavy atom. The molecule has 0 aliphatic rings. The second-order valence-electron chi connectivity index (χ2n) is 3.14. The summed E-state index contributed by atoms with van der Waals surface area (Å²) >= 11 is 0. The predicted octanol–water partition coefficient (Wildman–Crippen LogP) is 1.86. The van der Waals surface area contributed by atoms with Crippen LogP contribution in [0.2, 0.25) is 0 Å². The third-order valence-electron chi connectivity index (χ3n) is 1.78. The summed E-state index contributed by atoms with van der Waals surface area (Å²) in [6, 6.07) is 6.39. The van der Waals surface area contributed by atoms with E-state index in [9.17, 15) is 9.59 Å². The summed E-state index contributed by atoms with van der Waals surface area (Å²) in [5.41, 5.74) is 1.08. The topological polar surface area (TPSA) is 75.6 Å².